The van der Waals surface area contributed by atoms with Crippen molar-refractivity contribution in [3.05, 3.63) is 29.6 Å². The maximum Gasteiger partial charge on any atom is 0.322 e. The highest BCUT2D eigenvalue weighted by atomic mass is 32.2. The Hall–Kier alpha value is -1.47. The van der Waals surface area contributed by atoms with E-state index >= 15 is 0 Å². The second-order valence-electron chi connectivity index (χ2n) is 4.90. The van der Waals surface area contributed by atoms with E-state index in [2.05, 4.69) is 0 Å². The van der Waals surface area contributed by atoms with Crippen LogP contribution >= 0.6 is 0 Å². The average molecular weight is 301 g/mol. The number of sulfonamides is 1. The molecule has 0 unspecified atom stereocenters. The quantitative estimate of drug-likeness (QED) is 0.923. The number of rotatable bonds is 3. The van der Waals surface area contributed by atoms with Crippen LogP contribution in [0.15, 0.2) is 23.1 Å². The maximum atomic E-state index is 13.8. The summed E-state index contributed by atoms with van der Waals surface area (Å²) >= 11 is 0. The first-order valence-corrected chi connectivity index (χ1v) is 7.79. The van der Waals surface area contributed by atoms with Gasteiger partial charge in [-0.25, -0.2) is 12.8 Å². The van der Waals surface area contributed by atoms with E-state index in [0.717, 1.165) is 10.4 Å². The fourth-order valence-electron chi connectivity index (χ4n) is 2.37. The highest BCUT2D eigenvalue weighted by molar-refractivity contribution is 7.89. The van der Waals surface area contributed by atoms with Crippen LogP contribution < -0.4 is 0 Å². The molecule has 20 heavy (non-hydrogen) atoms. The van der Waals surface area contributed by atoms with Crippen molar-refractivity contribution >= 4 is 16.0 Å². The van der Waals surface area contributed by atoms with Crippen molar-refractivity contribution in [3.8, 4) is 0 Å². The number of hydrogen-bond donors (Lipinski definition) is 1. The molecule has 1 atom stereocenters. The number of nitrogens with zero attached hydrogens (tertiary/aromatic N) is 1. The van der Waals surface area contributed by atoms with Crippen LogP contribution in [-0.2, 0) is 14.8 Å². The van der Waals surface area contributed by atoms with E-state index in [0.29, 0.717) is 18.4 Å². The van der Waals surface area contributed by atoms with Crippen molar-refractivity contribution < 1.29 is 22.7 Å². The zero-order valence-corrected chi connectivity index (χ0v) is 11.9. The molecular weight excluding hydrogens is 285 g/mol. The summed E-state index contributed by atoms with van der Waals surface area (Å²) in [5, 5.41) is 9.14. The second-order valence-corrected chi connectivity index (χ2v) is 6.76. The summed E-state index contributed by atoms with van der Waals surface area (Å²) in [5.41, 5.74) is 0.605. The zero-order chi connectivity index (χ0) is 14.9. The molecule has 1 saturated heterocycles. The minimum absolute atomic E-state index is 0.104. The first kappa shape index (κ1) is 14.9. The van der Waals surface area contributed by atoms with Crippen LogP contribution in [0.2, 0.25) is 0 Å². The molecule has 5 nitrogen and oxygen atoms in total. The summed E-state index contributed by atoms with van der Waals surface area (Å²) in [7, 11) is -4.13. The van der Waals surface area contributed by atoms with Gasteiger partial charge in [0.05, 0.1) is 0 Å². The highest BCUT2D eigenvalue weighted by Gasteiger charge is 2.38. The van der Waals surface area contributed by atoms with Crippen molar-refractivity contribution in [2.75, 3.05) is 6.54 Å². The molecule has 1 fully saturated rings. The molecule has 1 N–H and O–H groups in total. The average Bonchev–Trinajstić information content (AvgIpc) is 2.41. The molecule has 1 aliphatic heterocycles. The number of carboxylic acid groups (broad SMARTS) is 1. The number of piperidine rings is 1. The Balaban J connectivity index is 2.47. The van der Waals surface area contributed by atoms with Crippen molar-refractivity contribution in [1.82, 2.24) is 4.31 Å². The number of aliphatic carboxylic acids is 1. The third-order valence-corrected chi connectivity index (χ3v) is 5.34. The smallest absolute Gasteiger partial charge is 0.322 e. The molecule has 7 heteroatoms. The number of aryl methyl sites for hydroxylation is 1. The van der Waals surface area contributed by atoms with Crippen LogP contribution in [0.1, 0.15) is 24.8 Å². The fourth-order valence-corrected chi connectivity index (χ4v) is 4.18. The molecule has 1 heterocycles. The number of benzene rings is 1. The number of hydrogen-bond acceptors (Lipinski definition) is 3. The van der Waals surface area contributed by atoms with Gasteiger partial charge >= 0.3 is 5.97 Å². The van der Waals surface area contributed by atoms with Crippen LogP contribution in [0.5, 0.6) is 0 Å². The zero-order valence-electron chi connectivity index (χ0n) is 11.0. The van der Waals surface area contributed by atoms with Crippen molar-refractivity contribution in [2.45, 2.75) is 37.1 Å². The molecule has 1 aromatic carbocycles. The van der Waals surface area contributed by atoms with Gasteiger partial charge in [-0.05, 0) is 43.9 Å². The minimum atomic E-state index is -4.13. The van der Waals surface area contributed by atoms with E-state index in [1.165, 1.54) is 12.1 Å². The van der Waals surface area contributed by atoms with Crippen LogP contribution in [0, 0.1) is 12.7 Å². The summed E-state index contributed by atoms with van der Waals surface area (Å²) < 4.78 is 39.7. The van der Waals surface area contributed by atoms with E-state index in [4.69, 9.17) is 5.11 Å². The largest absolute Gasteiger partial charge is 0.480 e. The monoisotopic (exact) mass is 301 g/mol. The van der Waals surface area contributed by atoms with Gasteiger partial charge in [0, 0.05) is 6.54 Å². The Bertz CT molecular complexity index is 629. The predicted octanol–water partition coefficient (Wildman–Crippen LogP) is 1.76. The lowest BCUT2D eigenvalue weighted by molar-refractivity contribution is -0.142. The molecule has 0 radical (unpaired) electrons. The summed E-state index contributed by atoms with van der Waals surface area (Å²) in [5.74, 6) is -2.05. The molecule has 0 aromatic heterocycles. The summed E-state index contributed by atoms with van der Waals surface area (Å²) in [6, 6.07) is 2.67. The second kappa shape index (κ2) is 5.49. The lowest BCUT2D eigenvalue weighted by atomic mass is 10.1. The van der Waals surface area contributed by atoms with Gasteiger partial charge < -0.3 is 5.11 Å². The molecule has 0 spiro atoms. The molecule has 1 aliphatic rings. The lowest BCUT2D eigenvalue weighted by Crippen LogP contribution is -2.48. The Morgan fingerprint density at radius 3 is 2.75 bits per heavy atom. The molecule has 0 amide bonds. The molecule has 2 rings (SSSR count). The first-order valence-electron chi connectivity index (χ1n) is 6.35. The normalized spacial score (nSPS) is 20.8. The van der Waals surface area contributed by atoms with E-state index < -0.39 is 32.7 Å². The van der Waals surface area contributed by atoms with Crippen LogP contribution in [0.4, 0.5) is 4.39 Å². The molecular formula is C13H16FNO4S. The van der Waals surface area contributed by atoms with Gasteiger partial charge in [-0.1, -0.05) is 6.07 Å². The number of carbonyl (C=O) groups is 1. The number of halogens is 1. The highest BCUT2D eigenvalue weighted by Crippen LogP contribution is 2.27. The third kappa shape index (κ3) is 2.69. The lowest BCUT2D eigenvalue weighted by Gasteiger charge is -2.31. The van der Waals surface area contributed by atoms with Crippen LogP contribution in [-0.4, -0.2) is 36.4 Å². The van der Waals surface area contributed by atoms with Gasteiger partial charge in [-0.15, -0.1) is 0 Å². The van der Waals surface area contributed by atoms with Gasteiger partial charge in [0.2, 0.25) is 10.0 Å². The Morgan fingerprint density at radius 2 is 2.10 bits per heavy atom. The minimum Gasteiger partial charge on any atom is -0.480 e. The van der Waals surface area contributed by atoms with Crippen LogP contribution in [0.3, 0.4) is 0 Å². The van der Waals surface area contributed by atoms with Crippen molar-refractivity contribution in [2.24, 2.45) is 0 Å². The van der Waals surface area contributed by atoms with Gasteiger partial charge in [-0.2, -0.15) is 4.31 Å². The van der Waals surface area contributed by atoms with E-state index in [-0.39, 0.29) is 13.0 Å². The fraction of sp³-hybridized carbons (Fsp3) is 0.462. The SMILES string of the molecule is Cc1ccc(F)c(S(=O)(=O)N2CCCC[C@H]2C(=O)O)c1. The van der Waals surface area contributed by atoms with Crippen LogP contribution in [0.25, 0.3) is 0 Å². The van der Waals surface area contributed by atoms with E-state index in [1.54, 1.807) is 6.92 Å². The van der Waals surface area contributed by atoms with Gasteiger partial charge in [-0.3, -0.25) is 4.79 Å². The topological polar surface area (TPSA) is 74.7 Å². The summed E-state index contributed by atoms with van der Waals surface area (Å²) in [6.07, 6.45) is 1.48. The first-order chi connectivity index (χ1) is 9.34. The standard InChI is InChI=1S/C13H16FNO4S/c1-9-5-6-10(14)12(8-9)20(18,19)15-7-3-2-4-11(15)13(16)17/h5-6,8,11H,2-4,7H2,1H3,(H,16,17)/t11-/m0/s1. The Kier molecular flexibility index (Phi) is 4.10. The third-order valence-electron chi connectivity index (χ3n) is 3.41. The van der Waals surface area contributed by atoms with Crippen molar-refractivity contribution in [3.63, 3.8) is 0 Å². The molecule has 0 bridgehead atoms. The number of carboxylic acids is 1. The maximum absolute atomic E-state index is 13.8. The van der Waals surface area contributed by atoms with E-state index in [9.17, 15) is 17.6 Å². The summed E-state index contributed by atoms with van der Waals surface area (Å²) in [6.45, 7) is 1.76. The Morgan fingerprint density at radius 1 is 1.40 bits per heavy atom. The molecule has 1 aromatic rings. The summed E-state index contributed by atoms with van der Waals surface area (Å²) in [4.78, 5) is 10.7. The van der Waals surface area contributed by atoms with E-state index in [1.807, 2.05) is 0 Å². The molecule has 0 aliphatic carbocycles. The van der Waals surface area contributed by atoms with Gasteiger partial charge in [0.25, 0.3) is 0 Å². The molecule has 0 saturated carbocycles. The van der Waals surface area contributed by atoms with Gasteiger partial charge in [0.15, 0.2) is 0 Å². The van der Waals surface area contributed by atoms with Crippen molar-refractivity contribution in [1.29, 1.82) is 0 Å². The predicted molar refractivity (Wildman–Crippen MR) is 70.3 cm³/mol. The Labute approximate surface area is 117 Å². The van der Waals surface area contributed by atoms with Gasteiger partial charge in [0.1, 0.15) is 16.8 Å². The molecule has 110 valence electrons.